The first-order chi connectivity index (χ1) is 11.6. The third kappa shape index (κ3) is 5.17. The highest BCUT2D eigenvalue weighted by Crippen LogP contribution is 2.04. The van der Waals surface area contributed by atoms with Crippen molar-refractivity contribution in [1.29, 1.82) is 0 Å². The Balaban J connectivity index is 1.69. The number of carbonyl (C=O) groups is 2. The number of nitrogens with one attached hydrogen (secondary N) is 2. The van der Waals surface area contributed by atoms with E-state index < -0.39 is 5.82 Å². The van der Waals surface area contributed by atoms with Crippen LogP contribution in [-0.2, 0) is 6.54 Å². The van der Waals surface area contributed by atoms with Gasteiger partial charge in [-0.05, 0) is 42.3 Å². The lowest BCUT2D eigenvalue weighted by atomic mass is 10.1. The Kier molecular flexibility index (Phi) is 6.45. The molecule has 24 heavy (non-hydrogen) atoms. The summed E-state index contributed by atoms with van der Waals surface area (Å²) in [5.74, 6) is -0.955. The van der Waals surface area contributed by atoms with Crippen LogP contribution in [0.5, 0.6) is 0 Å². The Labute approximate surface area is 140 Å². The monoisotopic (exact) mass is 329 g/mol. The highest BCUT2D eigenvalue weighted by molar-refractivity contribution is 5.94. The number of hydrogen-bond acceptors (Lipinski definition) is 3. The van der Waals surface area contributed by atoms with E-state index in [9.17, 15) is 14.0 Å². The Morgan fingerprint density at radius 1 is 0.917 bits per heavy atom. The predicted molar refractivity (Wildman–Crippen MR) is 90.0 cm³/mol. The normalized spacial score (nSPS) is 10.2. The maximum absolute atomic E-state index is 13.0. The van der Waals surface area contributed by atoms with Gasteiger partial charge in [0.1, 0.15) is 5.82 Å². The van der Waals surface area contributed by atoms with E-state index in [-0.39, 0.29) is 17.4 Å². The molecule has 0 saturated carbocycles. The molecule has 2 aromatic carbocycles. The summed E-state index contributed by atoms with van der Waals surface area (Å²) in [5, 5.41) is 5.46. The molecule has 2 rings (SSSR count). The van der Waals surface area contributed by atoms with Crippen LogP contribution >= 0.6 is 0 Å². The fourth-order valence-corrected chi connectivity index (χ4v) is 2.12. The van der Waals surface area contributed by atoms with Crippen LogP contribution in [0.4, 0.5) is 4.39 Å². The molecule has 6 heteroatoms. The van der Waals surface area contributed by atoms with E-state index >= 15 is 0 Å². The van der Waals surface area contributed by atoms with Gasteiger partial charge in [-0.25, -0.2) is 4.39 Å². The van der Waals surface area contributed by atoms with Crippen LogP contribution in [0.1, 0.15) is 32.7 Å². The quantitative estimate of drug-likeness (QED) is 0.678. The number of hydrogen-bond donors (Lipinski definition) is 3. The minimum absolute atomic E-state index is 0.171. The van der Waals surface area contributed by atoms with Gasteiger partial charge in [0, 0.05) is 30.8 Å². The maximum atomic E-state index is 13.0. The van der Waals surface area contributed by atoms with Gasteiger partial charge in [0.15, 0.2) is 0 Å². The van der Waals surface area contributed by atoms with E-state index in [0.29, 0.717) is 31.6 Å². The highest BCUT2D eigenvalue weighted by Gasteiger charge is 2.06. The molecule has 126 valence electrons. The molecular formula is C18H20FN3O2. The third-order valence-electron chi connectivity index (χ3n) is 3.46. The van der Waals surface area contributed by atoms with E-state index in [4.69, 9.17) is 5.73 Å². The lowest BCUT2D eigenvalue weighted by Gasteiger charge is -2.07. The smallest absolute Gasteiger partial charge is 0.251 e. The van der Waals surface area contributed by atoms with Crippen LogP contribution in [0.25, 0.3) is 0 Å². The zero-order chi connectivity index (χ0) is 17.4. The molecule has 0 heterocycles. The van der Waals surface area contributed by atoms with Gasteiger partial charge in [-0.15, -0.1) is 0 Å². The van der Waals surface area contributed by atoms with Crippen LogP contribution < -0.4 is 16.4 Å². The summed E-state index contributed by atoms with van der Waals surface area (Å²) in [4.78, 5) is 23.7. The number of benzene rings is 2. The topological polar surface area (TPSA) is 84.2 Å². The fourth-order valence-electron chi connectivity index (χ4n) is 2.12. The molecule has 0 radical (unpaired) electrons. The van der Waals surface area contributed by atoms with E-state index in [0.717, 1.165) is 5.56 Å². The van der Waals surface area contributed by atoms with E-state index in [2.05, 4.69) is 10.6 Å². The summed E-state index contributed by atoms with van der Waals surface area (Å²) in [6, 6.07) is 12.6. The van der Waals surface area contributed by atoms with Gasteiger partial charge in [0.05, 0.1) is 0 Å². The molecule has 0 aliphatic rings. The molecule has 0 atom stereocenters. The number of halogens is 1. The van der Waals surface area contributed by atoms with Gasteiger partial charge in [-0.2, -0.15) is 0 Å². The average Bonchev–Trinajstić information content (AvgIpc) is 2.61. The minimum Gasteiger partial charge on any atom is -0.352 e. The van der Waals surface area contributed by atoms with Crippen molar-refractivity contribution in [3.05, 3.63) is 71.0 Å². The van der Waals surface area contributed by atoms with E-state index in [1.807, 2.05) is 12.1 Å². The second-order valence-corrected chi connectivity index (χ2v) is 5.28. The van der Waals surface area contributed by atoms with Crippen LogP contribution in [0.15, 0.2) is 48.5 Å². The van der Waals surface area contributed by atoms with Crippen molar-refractivity contribution in [2.24, 2.45) is 5.73 Å². The van der Waals surface area contributed by atoms with Crippen LogP contribution in [-0.4, -0.2) is 24.9 Å². The molecule has 0 aromatic heterocycles. The van der Waals surface area contributed by atoms with Gasteiger partial charge in [0.2, 0.25) is 0 Å². The predicted octanol–water partition coefficient (Wildman–Crippen LogP) is 1.83. The zero-order valence-corrected chi connectivity index (χ0v) is 13.2. The average molecular weight is 329 g/mol. The zero-order valence-electron chi connectivity index (χ0n) is 13.2. The Morgan fingerprint density at radius 2 is 1.54 bits per heavy atom. The molecule has 0 bridgehead atoms. The van der Waals surface area contributed by atoms with E-state index in [1.165, 1.54) is 18.2 Å². The first-order valence-electron chi connectivity index (χ1n) is 7.71. The molecule has 0 fully saturated rings. The Morgan fingerprint density at radius 3 is 2.12 bits per heavy atom. The maximum Gasteiger partial charge on any atom is 0.251 e. The summed E-state index contributed by atoms with van der Waals surface area (Å²) in [6.07, 6.45) is 0.577. The third-order valence-corrected chi connectivity index (χ3v) is 3.46. The number of nitrogens with two attached hydrogens (primary N) is 1. The van der Waals surface area contributed by atoms with Crippen molar-refractivity contribution < 1.29 is 14.0 Å². The molecule has 2 amide bonds. The molecule has 5 nitrogen and oxygen atoms in total. The number of rotatable bonds is 7. The van der Waals surface area contributed by atoms with Crippen molar-refractivity contribution in [1.82, 2.24) is 10.6 Å². The van der Waals surface area contributed by atoms with E-state index in [1.54, 1.807) is 18.2 Å². The summed E-state index contributed by atoms with van der Waals surface area (Å²) in [7, 11) is 0. The standard InChI is InChI=1S/C18H20FN3O2/c19-16-4-1-3-15(11-16)18(24)22-10-2-9-21-17(23)14-7-5-13(12-20)6-8-14/h1,3-8,11H,2,9-10,12,20H2,(H,21,23)(H,22,24). The van der Waals surface area contributed by atoms with Gasteiger partial charge < -0.3 is 16.4 Å². The summed E-state index contributed by atoms with van der Waals surface area (Å²) < 4.78 is 13.0. The van der Waals surface area contributed by atoms with Crippen LogP contribution in [0.2, 0.25) is 0 Å². The molecule has 0 unspecified atom stereocenters. The highest BCUT2D eigenvalue weighted by atomic mass is 19.1. The fraction of sp³-hybridized carbons (Fsp3) is 0.222. The first kappa shape index (κ1) is 17.6. The van der Waals surface area contributed by atoms with Crippen molar-refractivity contribution in [2.45, 2.75) is 13.0 Å². The molecule has 0 saturated heterocycles. The van der Waals surface area contributed by atoms with Crippen LogP contribution in [0, 0.1) is 5.82 Å². The Hall–Kier alpha value is -2.73. The number of carbonyl (C=O) groups excluding carboxylic acids is 2. The molecular weight excluding hydrogens is 309 g/mol. The van der Waals surface area contributed by atoms with Gasteiger partial charge in [0.25, 0.3) is 11.8 Å². The molecule has 4 N–H and O–H groups in total. The molecule has 0 spiro atoms. The molecule has 0 aliphatic carbocycles. The van der Waals surface area contributed by atoms with Crippen LogP contribution in [0.3, 0.4) is 0 Å². The van der Waals surface area contributed by atoms with Crippen molar-refractivity contribution in [2.75, 3.05) is 13.1 Å². The molecule has 2 aromatic rings. The van der Waals surface area contributed by atoms with Gasteiger partial charge >= 0.3 is 0 Å². The van der Waals surface area contributed by atoms with Gasteiger partial charge in [-0.1, -0.05) is 18.2 Å². The second-order valence-electron chi connectivity index (χ2n) is 5.28. The number of amides is 2. The van der Waals surface area contributed by atoms with Gasteiger partial charge in [-0.3, -0.25) is 9.59 Å². The summed E-state index contributed by atoms with van der Waals surface area (Å²) >= 11 is 0. The van der Waals surface area contributed by atoms with Crippen molar-refractivity contribution in [3.8, 4) is 0 Å². The lowest BCUT2D eigenvalue weighted by molar-refractivity contribution is 0.0951. The summed E-state index contributed by atoms with van der Waals surface area (Å²) in [5.41, 5.74) is 7.32. The Bertz CT molecular complexity index is 702. The largest absolute Gasteiger partial charge is 0.352 e. The summed E-state index contributed by atoms with van der Waals surface area (Å²) in [6.45, 7) is 1.26. The van der Waals surface area contributed by atoms with Crippen molar-refractivity contribution in [3.63, 3.8) is 0 Å². The second kappa shape index (κ2) is 8.79. The van der Waals surface area contributed by atoms with Crippen molar-refractivity contribution >= 4 is 11.8 Å². The molecule has 0 aliphatic heterocycles. The first-order valence-corrected chi connectivity index (χ1v) is 7.71. The lowest BCUT2D eigenvalue weighted by Crippen LogP contribution is -2.29. The SMILES string of the molecule is NCc1ccc(C(=O)NCCCNC(=O)c2cccc(F)c2)cc1. The minimum atomic E-state index is -0.449.